The van der Waals surface area contributed by atoms with Crippen LogP contribution in [0.2, 0.25) is 0 Å². The molecule has 1 rings (SSSR count). The molecule has 1 heterocycles. The van der Waals surface area contributed by atoms with Gasteiger partial charge in [0, 0.05) is 19.6 Å². The topological polar surface area (TPSA) is 3.24 Å². The van der Waals surface area contributed by atoms with Gasteiger partial charge < -0.3 is 4.90 Å². The molecule has 1 nitrogen and oxygen atoms in total. The molecule has 0 aromatic rings. The van der Waals surface area contributed by atoms with Crippen molar-refractivity contribution in [3.8, 4) is 0 Å². The second kappa shape index (κ2) is 4.27. The van der Waals surface area contributed by atoms with Crippen LogP contribution in [0.1, 0.15) is 34.1 Å². The van der Waals surface area contributed by atoms with Gasteiger partial charge in [0.05, 0.1) is 0 Å². The van der Waals surface area contributed by atoms with E-state index in [1.807, 2.05) is 0 Å². The Morgan fingerprint density at radius 2 is 1.67 bits per heavy atom. The SMILES string of the molecule is CC(C)CN1C[C@H](C)C[C@H](C)C1. The Hall–Kier alpha value is -0.0400. The first-order chi connectivity index (χ1) is 5.58. The molecule has 0 aromatic carbocycles. The highest BCUT2D eigenvalue weighted by molar-refractivity contribution is 4.74. The van der Waals surface area contributed by atoms with Crippen molar-refractivity contribution in [2.45, 2.75) is 34.1 Å². The van der Waals surface area contributed by atoms with Gasteiger partial charge in [0.25, 0.3) is 0 Å². The Balaban J connectivity index is 2.34. The molecule has 1 saturated heterocycles. The molecule has 1 heteroatoms. The third-order valence-electron chi connectivity index (χ3n) is 2.57. The number of rotatable bonds is 2. The van der Waals surface area contributed by atoms with Crippen LogP contribution >= 0.6 is 0 Å². The summed E-state index contributed by atoms with van der Waals surface area (Å²) in [6.45, 7) is 13.3. The summed E-state index contributed by atoms with van der Waals surface area (Å²) >= 11 is 0. The van der Waals surface area contributed by atoms with Crippen molar-refractivity contribution in [1.82, 2.24) is 4.90 Å². The summed E-state index contributed by atoms with van der Waals surface area (Å²) in [6.07, 6.45) is 1.43. The van der Waals surface area contributed by atoms with E-state index in [9.17, 15) is 0 Å². The van der Waals surface area contributed by atoms with Gasteiger partial charge in [-0.3, -0.25) is 0 Å². The van der Waals surface area contributed by atoms with Crippen LogP contribution in [0.5, 0.6) is 0 Å². The summed E-state index contributed by atoms with van der Waals surface area (Å²) < 4.78 is 0. The molecule has 1 fully saturated rings. The fourth-order valence-corrected chi connectivity index (χ4v) is 2.46. The van der Waals surface area contributed by atoms with Crippen LogP contribution in [0.3, 0.4) is 0 Å². The Labute approximate surface area is 77.1 Å². The van der Waals surface area contributed by atoms with E-state index in [-0.39, 0.29) is 0 Å². The first kappa shape index (κ1) is 10.0. The number of hydrogen-bond acceptors (Lipinski definition) is 1. The summed E-state index contributed by atoms with van der Waals surface area (Å²) in [5.74, 6) is 2.64. The first-order valence-electron chi connectivity index (χ1n) is 5.30. The molecule has 72 valence electrons. The van der Waals surface area contributed by atoms with Crippen LogP contribution < -0.4 is 0 Å². The van der Waals surface area contributed by atoms with E-state index in [4.69, 9.17) is 0 Å². The molecule has 0 N–H and O–H groups in total. The van der Waals surface area contributed by atoms with Crippen molar-refractivity contribution < 1.29 is 0 Å². The van der Waals surface area contributed by atoms with E-state index >= 15 is 0 Å². The zero-order valence-electron chi connectivity index (χ0n) is 9.01. The lowest BCUT2D eigenvalue weighted by atomic mass is 9.91. The maximum Gasteiger partial charge on any atom is 0.000735 e. The molecule has 0 saturated carbocycles. The molecule has 0 unspecified atom stereocenters. The van der Waals surface area contributed by atoms with E-state index in [0.717, 1.165) is 17.8 Å². The molecule has 1 aliphatic rings. The summed E-state index contributed by atoms with van der Waals surface area (Å²) in [7, 11) is 0. The lowest BCUT2D eigenvalue weighted by molar-refractivity contribution is 0.128. The first-order valence-corrected chi connectivity index (χ1v) is 5.30. The smallest absolute Gasteiger partial charge is 0.000735 e. The van der Waals surface area contributed by atoms with E-state index in [0.29, 0.717) is 0 Å². The second-order valence-electron chi connectivity index (χ2n) is 5.06. The third-order valence-corrected chi connectivity index (χ3v) is 2.57. The molecule has 12 heavy (non-hydrogen) atoms. The minimum absolute atomic E-state index is 0.822. The van der Waals surface area contributed by atoms with Gasteiger partial charge in [-0.15, -0.1) is 0 Å². The second-order valence-corrected chi connectivity index (χ2v) is 5.06. The largest absolute Gasteiger partial charge is 0.303 e. The fraction of sp³-hybridized carbons (Fsp3) is 1.00. The van der Waals surface area contributed by atoms with Crippen LogP contribution in [0, 0.1) is 17.8 Å². The van der Waals surface area contributed by atoms with Crippen molar-refractivity contribution >= 4 is 0 Å². The van der Waals surface area contributed by atoms with Crippen molar-refractivity contribution in [3.05, 3.63) is 0 Å². The van der Waals surface area contributed by atoms with E-state index in [2.05, 4.69) is 32.6 Å². The predicted molar refractivity (Wildman–Crippen MR) is 54.2 cm³/mol. The Morgan fingerprint density at radius 3 is 2.08 bits per heavy atom. The molecule has 0 radical (unpaired) electrons. The average molecular weight is 169 g/mol. The highest BCUT2D eigenvalue weighted by atomic mass is 15.1. The highest BCUT2D eigenvalue weighted by Gasteiger charge is 2.21. The third kappa shape index (κ3) is 3.14. The average Bonchev–Trinajstić information content (AvgIpc) is 1.81. The van der Waals surface area contributed by atoms with Crippen LogP contribution in [-0.2, 0) is 0 Å². The van der Waals surface area contributed by atoms with Crippen molar-refractivity contribution in [2.24, 2.45) is 17.8 Å². The fourth-order valence-electron chi connectivity index (χ4n) is 2.46. The van der Waals surface area contributed by atoms with E-state index < -0.39 is 0 Å². The monoisotopic (exact) mass is 169 g/mol. The Bertz CT molecular complexity index is 118. The number of piperidine rings is 1. The van der Waals surface area contributed by atoms with Gasteiger partial charge in [-0.2, -0.15) is 0 Å². The highest BCUT2D eigenvalue weighted by Crippen LogP contribution is 2.21. The number of nitrogens with zero attached hydrogens (tertiary/aromatic N) is 1. The molecule has 2 atom stereocenters. The van der Waals surface area contributed by atoms with Gasteiger partial charge in [-0.1, -0.05) is 27.7 Å². The van der Waals surface area contributed by atoms with E-state index in [1.165, 1.54) is 26.1 Å². The molecule has 0 aliphatic carbocycles. The van der Waals surface area contributed by atoms with Gasteiger partial charge in [0.2, 0.25) is 0 Å². The Kier molecular flexibility index (Phi) is 3.57. The number of likely N-dealkylation sites (tertiary alicyclic amines) is 1. The summed E-state index contributed by atoms with van der Waals surface area (Å²) in [6, 6.07) is 0. The molecule has 0 bridgehead atoms. The van der Waals surface area contributed by atoms with Gasteiger partial charge in [0.1, 0.15) is 0 Å². The zero-order valence-corrected chi connectivity index (χ0v) is 9.01. The molecule has 0 spiro atoms. The summed E-state index contributed by atoms with van der Waals surface area (Å²) in [5.41, 5.74) is 0. The molecule has 0 amide bonds. The molecule has 0 aromatic heterocycles. The van der Waals surface area contributed by atoms with Gasteiger partial charge in [-0.05, 0) is 24.2 Å². The van der Waals surface area contributed by atoms with E-state index in [1.54, 1.807) is 0 Å². The molecular formula is C11H23N. The molecular weight excluding hydrogens is 146 g/mol. The minimum atomic E-state index is 0.822. The predicted octanol–water partition coefficient (Wildman–Crippen LogP) is 2.62. The maximum absolute atomic E-state index is 2.63. The van der Waals surface area contributed by atoms with Crippen LogP contribution in [-0.4, -0.2) is 24.5 Å². The van der Waals surface area contributed by atoms with Gasteiger partial charge >= 0.3 is 0 Å². The maximum atomic E-state index is 2.63. The molecule has 1 aliphatic heterocycles. The number of hydrogen-bond donors (Lipinski definition) is 0. The lowest BCUT2D eigenvalue weighted by Crippen LogP contribution is -2.40. The van der Waals surface area contributed by atoms with Gasteiger partial charge in [0.15, 0.2) is 0 Å². The minimum Gasteiger partial charge on any atom is -0.303 e. The standard InChI is InChI=1S/C11H23N/c1-9(2)6-12-7-10(3)5-11(4)8-12/h9-11H,5-8H2,1-4H3/t10-,11+. The normalized spacial score (nSPS) is 32.8. The van der Waals surface area contributed by atoms with Crippen molar-refractivity contribution in [3.63, 3.8) is 0 Å². The van der Waals surface area contributed by atoms with Crippen molar-refractivity contribution in [1.29, 1.82) is 0 Å². The zero-order chi connectivity index (χ0) is 9.14. The van der Waals surface area contributed by atoms with Gasteiger partial charge in [-0.25, -0.2) is 0 Å². The van der Waals surface area contributed by atoms with Crippen LogP contribution in [0.4, 0.5) is 0 Å². The Morgan fingerprint density at radius 1 is 1.17 bits per heavy atom. The van der Waals surface area contributed by atoms with Crippen LogP contribution in [0.15, 0.2) is 0 Å². The lowest BCUT2D eigenvalue weighted by Gasteiger charge is -2.35. The quantitative estimate of drug-likeness (QED) is 0.614. The van der Waals surface area contributed by atoms with Crippen molar-refractivity contribution in [2.75, 3.05) is 19.6 Å². The summed E-state index contributed by atoms with van der Waals surface area (Å²) in [5, 5.41) is 0. The summed E-state index contributed by atoms with van der Waals surface area (Å²) in [4.78, 5) is 2.63. The van der Waals surface area contributed by atoms with Crippen LogP contribution in [0.25, 0.3) is 0 Å².